The van der Waals surface area contributed by atoms with Crippen LogP contribution in [0.3, 0.4) is 0 Å². The SMILES string of the molecule is Cc1ccn2cc(CO)n(C3=CCCC=C3)c(=O)c12. The standard InChI is InChI=1S/C15H16N2O2/c1-11-7-8-16-9-13(10-18)17(15(19)14(11)16)12-5-3-2-4-6-12/h3,5-9,18H,2,4,10H2,1H3. The zero-order valence-electron chi connectivity index (χ0n) is 10.8. The summed E-state index contributed by atoms with van der Waals surface area (Å²) in [7, 11) is 0. The van der Waals surface area contributed by atoms with Gasteiger partial charge in [-0.05, 0) is 37.5 Å². The summed E-state index contributed by atoms with van der Waals surface area (Å²) in [6.07, 6.45) is 11.6. The Morgan fingerprint density at radius 1 is 1.37 bits per heavy atom. The van der Waals surface area contributed by atoms with Crippen LogP contribution in [0.5, 0.6) is 0 Å². The molecule has 0 saturated carbocycles. The maximum absolute atomic E-state index is 12.6. The number of hydrogen-bond acceptors (Lipinski definition) is 2. The number of nitrogens with zero attached hydrogens (tertiary/aromatic N) is 2. The van der Waals surface area contributed by atoms with Crippen molar-refractivity contribution in [2.45, 2.75) is 26.4 Å². The van der Waals surface area contributed by atoms with Gasteiger partial charge in [0.05, 0.1) is 12.3 Å². The Bertz CT molecular complexity index is 747. The maximum Gasteiger partial charge on any atom is 0.279 e. The summed E-state index contributed by atoms with van der Waals surface area (Å²) >= 11 is 0. The minimum Gasteiger partial charge on any atom is -0.390 e. The Morgan fingerprint density at radius 2 is 2.21 bits per heavy atom. The van der Waals surface area contributed by atoms with Crippen molar-refractivity contribution in [3.05, 3.63) is 58.3 Å². The van der Waals surface area contributed by atoms with E-state index in [0.29, 0.717) is 11.2 Å². The van der Waals surface area contributed by atoms with E-state index in [2.05, 4.69) is 6.08 Å². The Labute approximate surface area is 110 Å². The third-order valence-electron chi connectivity index (χ3n) is 3.49. The van der Waals surface area contributed by atoms with Crippen molar-refractivity contribution in [1.82, 2.24) is 8.97 Å². The van der Waals surface area contributed by atoms with E-state index in [-0.39, 0.29) is 12.2 Å². The highest BCUT2D eigenvalue weighted by Gasteiger charge is 2.13. The molecule has 0 aliphatic heterocycles. The highest BCUT2D eigenvalue weighted by Crippen LogP contribution is 2.17. The molecule has 4 heteroatoms. The van der Waals surface area contributed by atoms with Crippen LogP contribution in [0.4, 0.5) is 0 Å². The molecule has 19 heavy (non-hydrogen) atoms. The van der Waals surface area contributed by atoms with Gasteiger partial charge in [0.2, 0.25) is 0 Å². The average Bonchev–Trinajstić information content (AvgIpc) is 2.81. The van der Waals surface area contributed by atoms with Gasteiger partial charge in [-0.1, -0.05) is 12.2 Å². The van der Waals surface area contributed by atoms with Crippen molar-refractivity contribution in [1.29, 1.82) is 0 Å². The fourth-order valence-corrected chi connectivity index (χ4v) is 2.55. The van der Waals surface area contributed by atoms with Gasteiger partial charge in [-0.15, -0.1) is 0 Å². The van der Waals surface area contributed by atoms with E-state index in [1.165, 1.54) is 0 Å². The Kier molecular flexibility index (Phi) is 2.87. The lowest BCUT2D eigenvalue weighted by Gasteiger charge is -2.15. The van der Waals surface area contributed by atoms with Gasteiger partial charge in [-0.3, -0.25) is 9.36 Å². The zero-order chi connectivity index (χ0) is 13.4. The molecule has 0 unspecified atom stereocenters. The van der Waals surface area contributed by atoms with Gasteiger partial charge < -0.3 is 9.51 Å². The van der Waals surface area contributed by atoms with E-state index < -0.39 is 0 Å². The summed E-state index contributed by atoms with van der Waals surface area (Å²) < 4.78 is 3.39. The molecule has 1 aliphatic carbocycles. The van der Waals surface area contributed by atoms with Gasteiger partial charge in [0.1, 0.15) is 5.52 Å². The first kappa shape index (κ1) is 12.0. The number of aliphatic hydroxyl groups excluding tert-OH is 1. The lowest BCUT2D eigenvalue weighted by molar-refractivity contribution is 0.273. The van der Waals surface area contributed by atoms with E-state index >= 15 is 0 Å². The smallest absolute Gasteiger partial charge is 0.279 e. The first-order valence-electron chi connectivity index (χ1n) is 6.42. The molecule has 0 aromatic carbocycles. The van der Waals surface area contributed by atoms with Crippen molar-refractivity contribution < 1.29 is 5.11 Å². The Hall–Kier alpha value is -2.07. The summed E-state index contributed by atoms with van der Waals surface area (Å²) in [6, 6.07) is 1.91. The second-order valence-electron chi connectivity index (χ2n) is 4.78. The Morgan fingerprint density at radius 3 is 2.89 bits per heavy atom. The molecule has 0 fully saturated rings. The number of allylic oxidation sites excluding steroid dienone is 4. The molecule has 0 spiro atoms. The summed E-state index contributed by atoms with van der Waals surface area (Å²) in [5.41, 5.74) is 2.99. The summed E-state index contributed by atoms with van der Waals surface area (Å²) in [5.74, 6) is 0. The second-order valence-corrected chi connectivity index (χ2v) is 4.78. The van der Waals surface area contributed by atoms with Gasteiger partial charge in [0, 0.05) is 18.1 Å². The summed E-state index contributed by atoms with van der Waals surface area (Å²) in [4.78, 5) is 12.6. The molecular weight excluding hydrogens is 240 g/mol. The molecule has 98 valence electrons. The van der Waals surface area contributed by atoms with Crippen LogP contribution < -0.4 is 5.56 Å². The molecule has 0 radical (unpaired) electrons. The number of rotatable bonds is 2. The fourth-order valence-electron chi connectivity index (χ4n) is 2.55. The van der Waals surface area contributed by atoms with E-state index in [1.807, 2.05) is 37.5 Å². The lowest BCUT2D eigenvalue weighted by Crippen LogP contribution is -2.25. The highest BCUT2D eigenvalue weighted by molar-refractivity contribution is 5.63. The predicted molar refractivity (Wildman–Crippen MR) is 75.0 cm³/mol. The maximum atomic E-state index is 12.6. The first-order chi connectivity index (χ1) is 9.22. The van der Waals surface area contributed by atoms with Gasteiger partial charge in [0.25, 0.3) is 5.56 Å². The van der Waals surface area contributed by atoms with E-state index in [4.69, 9.17) is 0 Å². The minimum atomic E-state index is -0.159. The van der Waals surface area contributed by atoms with Crippen LogP contribution in [0.15, 0.2) is 41.5 Å². The number of aliphatic hydroxyl groups is 1. The third kappa shape index (κ3) is 1.85. The van der Waals surface area contributed by atoms with Crippen LogP contribution in [0, 0.1) is 6.92 Å². The van der Waals surface area contributed by atoms with Crippen LogP contribution in [0.2, 0.25) is 0 Å². The number of hydrogen-bond donors (Lipinski definition) is 1. The lowest BCUT2D eigenvalue weighted by atomic mass is 10.1. The highest BCUT2D eigenvalue weighted by atomic mass is 16.3. The zero-order valence-corrected chi connectivity index (χ0v) is 10.8. The van der Waals surface area contributed by atoms with Gasteiger partial charge >= 0.3 is 0 Å². The van der Waals surface area contributed by atoms with E-state index in [1.54, 1.807) is 8.97 Å². The molecule has 0 atom stereocenters. The number of aryl methyl sites for hydroxylation is 1. The largest absolute Gasteiger partial charge is 0.390 e. The molecule has 4 nitrogen and oxygen atoms in total. The number of fused-ring (bicyclic) bond motifs is 1. The average molecular weight is 256 g/mol. The monoisotopic (exact) mass is 256 g/mol. The molecule has 2 aromatic rings. The predicted octanol–water partition coefficient (Wildman–Crippen LogP) is 2.09. The van der Waals surface area contributed by atoms with Gasteiger partial charge in [-0.2, -0.15) is 0 Å². The first-order valence-corrected chi connectivity index (χ1v) is 6.42. The molecule has 0 saturated heterocycles. The van der Waals surface area contributed by atoms with Crippen molar-refractivity contribution in [2.24, 2.45) is 0 Å². The molecule has 3 rings (SSSR count). The van der Waals surface area contributed by atoms with Crippen LogP contribution in [0.1, 0.15) is 24.1 Å². The minimum absolute atomic E-state index is 0.0770. The van der Waals surface area contributed by atoms with E-state index in [9.17, 15) is 9.90 Å². The van der Waals surface area contributed by atoms with Crippen LogP contribution >= 0.6 is 0 Å². The molecule has 0 amide bonds. The van der Waals surface area contributed by atoms with Crippen molar-refractivity contribution in [2.75, 3.05) is 0 Å². The van der Waals surface area contributed by atoms with Crippen molar-refractivity contribution in [3.8, 4) is 0 Å². The Balaban J connectivity index is 2.36. The molecular formula is C15H16N2O2. The van der Waals surface area contributed by atoms with Gasteiger partial charge in [-0.25, -0.2) is 0 Å². The second kappa shape index (κ2) is 4.55. The molecule has 1 N–H and O–H groups in total. The molecule has 1 aliphatic rings. The fraction of sp³-hybridized carbons (Fsp3) is 0.267. The number of aromatic nitrogens is 2. The summed E-state index contributed by atoms with van der Waals surface area (Å²) in [6.45, 7) is 1.76. The van der Waals surface area contributed by atoms with E-state index in [0.717, 1.165) is 24.1 Å². The molecule has 0 bridgehead atoms. The molecule has 2 aromatic heterocycles. The van der Waals surface area contributed by atoms with Crippen molar-refractivity contribution in [3.63, 3.8) is 0 Å². The topological polar surface area (TPSA) is 46.6 Å². The normalized spacial score (nSPS) is 14.9. The third-order valence-corrected chi connectivity index (χ3v) is 3.49. The summed E-state index contributed by atoms with van der Waals surface area (Å²) in [5, 5.41) is 9.52. The van der Waals surface area contributed by atoms with Crippen LogP contribution in [-0.4, -0.2) is 14.1 Å². The molecule has 2 heterocycles. The van der Waals surface area contributed by atoms with Gasteiger partial charge in [0.15, 0.2) is 0 Å². The quantitative estimate of drug-likeness (QED) is 0.894. The van der Waals surface area contributed by atoms with Crippen LogP contribution in [-0.2, 0) is 6.61 Å². The van der Waals surface area contributed by atoms with Crippen LogP contribution in [0.25, 0.3) is 11.2 Å². The van der Waals surface area contributed by atoms with Crippen molar-refractivity contribution >= 4 is 11.2 Å².